The Bertz CT molecular complexity index is 388. The molecule has 19 heavy (non-hydrogen) atoms. The maximum atomic E-state index is 6.01. The normalized spacial score (nSPS) is 20.1. The number of piperidine rings is 1. The van der Waals surface area contributed by atoms with Gasteiger partial charge in [-0.2, -0.15) is 0 Å². The number of likely N-dealkylation sites (N-methyl/N-ethyl adjacent to an activating group) is 1. The molecule has 1 aromatic heterocycles. The molecule has 1 aliphatic rings. The smallest absolute Gasteiger partial charge is 0.0702 e. The number of nitrogens with two attached hydrogens (primary N) is 1. The zero-order valence-corrected chi connectivity index (χ0v) is 14.2. The molecule has 3 nitrogen and oxygen atoms in total. The highest BCUT2D eigenvalue weighted by Gasteiger charge is 2.27. The number of halogens is 1. The Labute approximate surface area is 128 Å². The summed E-state index contributed by atoms with van der Waals surface area (Å²) in [5.74, 6) is 0. The fourth-order valence-electron chi connectivity index (χ4n) is 2.89. The van der Waals surface area contributed by atoms with Gasteiger partial charge in [0.2, 0.25) is 0 Å². The van der Waals surface area contributed by atoms with Crippen LogP contribution in [0.4, 0.5) is 0 Å². The molecular formula is C14H24BrN3S. The average molecular weight is 346 g/mol. The van der Waals surface area contributed by atoms with Gasteiger partial charge in [0, 0.05) is 17.5 Å². The van der Waals surface area contributed by atoms with Crippen LogP contribution >= 0.6 is 27.3 Å². The predicted octanol–water partition coefficient (Wildman–Crippen LogP) is 2.93. The number of nitrogens with zero attached hydrogens (tertiary/aromatic N) is 2. The lowest BCUT2D eigenvalue weighted by atomic mass is 10.0. The zero-order valence-electron chi connectivity index (χ0n) is 11.8. The molecule has 0 amide bonds. The van der Waals surface area contributed by atoms with Crippen LogP contribution in [-0.4, -0.2) is 49.1 Å². The van der Waals surface area contributed by atoms with Crippen molar-refractivity contribution in [3.8, 4) is 0 Å². The monoisotopic (exact) mass is 345 g/mol. The maximum Gasteiger partial charge on any atom is 0.0702 e. The summed E-state index contributed by atoms with van der Waals surface area (Å²) in [5.41, 5.74) is 6.01. The van der Waals surface area contributed by atoms with E-state index in [-0.39, 0.29) is 0 Å². The first kappa shape index (κ1) is 15.4. The van der Waals surface area contributed by atoms with Crippen LogP contribution in [0.15, 0.2) is 15.9 Å². The van der Waals surface area contributed by atoms with Crippen molar-refractivity contribution in [3.05, 3.63) is 20.8 Å². The molecule has 2 heterocycles. The molecule has 108 valence electrons. The van der Waals surface area contributed by atoms with Crippen LogP contribution in [0.5, 0.6) is 0 Å². The van der Waals surface area contributed by atoms with Crippen molar-refractivity contribution < 1.29 is 0 Å². The third kappa shape index (κ3) is 3.79. The molecule has 0 saturated carbocycles. The SMILES string of the molecule is CCN1CCC(N(C)C(CN)c2ccc(Br)s2)CC1. The van der Waals surface area contributed by atoms with Crippen molar-refractivity contribution >= 4 is 27.3 Å². The first-order valence-electron chi connectivity index (χ1n) is 7.05. The number of likely N-dealkylation sites (tertiary alicyclic amines) is 1. The van der Waals surface area contributed by atoms with Gasteiger partial charge in [-0.05, 0) is 67.6 Å². The molecule has 1 unspecified atom stereocenters. The van der Waals surface area contributed by atoms with Crippen molar-refractivity contribution in [2.45, 2.75) is 31.8 Å². The van der Waals surface area contributed by atoms with Crippen LogP contribution in [-0.2, 0) is 0 Å². The van der Waals surface area contributed by atoms with Gasteiger partial charge in [-0.3, -0.25) is 4.90 Å². The minimum absolute atomic E-state index is 0.356. The van der Waals surface area contributed by atoms with Crippen molar-refractivity contribution in [2.24, 2.45) is 5.73 Å². The Balaban J connectivity index is 1.99. The lowest BCUT2D eigenvalue weighted by Gasteiger charge is -2.39. The molecule has 0 bridgehead atoms. The second kappa shape index (κ2) is 7.18. The van der Waals surface area contributed by atoms with Crippen LogP contribution < -0.4 is 5.73 Å². The lowest BCUT2D eigenvalue weighted by Crippen LogP contribution is -2.45. The largest absolute Gasteiger partial charge is 0.329 e. The minimum atomic E-state index is 0.356. The molecule has 1 aliphatic heterocycles. The quantitative estimate of drug-likeness (QED) is 0.890. The van der Waals surface area contributed by atoms with Gasteiger partial charge >= 0.3 is 0 Å². The highest BCUT2D eigenvalue weighted by molar-refractivity contribution is 9.11. The van der Waals surface area contributed by atoms with Crippen molar-refractivity contribution in [2.75, 3.05) is 33.2 Å². The zero-order chi connectivity index (χ0) is 13.8. The van der Waals surface area contributed by atoms with E-state index >= 15 is 0 Å². The third-order valence-corrected chi connectivity index (χ3v) is 5.94. The summed E-state index contributed by atoms with van der Waals surface area (Å²) >= 11 is 5.35. The topological polar surface area (TPSA) is 32.5 Å². The molecule has 2 N–H and O–H groups in total. The van der Waals surface area contributed by atoms with E-state index in [9.17, 15) is 0 Å². The molecule has 0 spiro atoms. The van der Waals surface area contributed by atoms with E-state index in [1.807, 2.05) is 0 Å². The molecule has 5 heteroatoms. The van der Waals surface area contributed by atoms with E-state index in [0.29, 0.717) is 18.6 Å². The molecule has 1 fully saturated rings. The van der Waals surface area contributed by atoms with Gasteiger partial charge in [0.1, 0.15) is 0 Å². The molecule has 1 saturated heterocycles. The second-order valence-corrected chi connectivity index (χ2v) is 7.72. The van der Waals surface area contributed by atoms with Crippen LogP contribution in [0.3, 0.4) is 0 Å². The Morgan fingerprint density at radius 3 is 2.63 bits per heavy atom. The minimum Gasteiger partial charge on any atom is -0.329 e. The summed E-state index contributed by atoms with van der Waals surface area (Å²) in [6, 6.07) is 5.34. The first-order chi connectivity index (χ1) is 9.15. The number of rotatable bonds is 5. The van der Waals surface area contributed by atoms with E-state index in [1.54, 1.807) is 11.3 Å². The van der Waals surface area contributed by atoms with Gasteiger partial charge in [-0.15, -0.1) is 11.3 Å². The standard InChI is InChI=1S/C14H24BrN3S/c1-3-18-8-6-11(7-9-18)17(2)12(10-16)13-4-5-14(15)19-13/h4-5,11-12H,3,6-10,16H2,1-2H3. The summed E-state index contributed by atoms with van der Waals surface area (Å²) in [6.07, 6.45) is 2.51. The van der Waals surface area contributed by atoms with E-state index in [2.05, 4.69) is 51.8 Å². The van der Waals surface area contributed by atoms with Crippen molar-refractivity contribution in [1.29, 1.82) is 0 Å². The van der Waals surface area contributed by atoms with Crippen LogP contribution in [0.2, 0.25) is 0 Å². The van der Waals surface area contributed by atoms with Crippen molar-refractivity contribution in [3.63, 3.8) is 0 Å². The van der Waals surface area contributed by atoms with Gasteiger partial charge in [0.25, 0.3) is 0 Å². The Morgan fingerprint density at radius 2 is 2.16 bits per heavy atom. The van der Waals surface area contributed by atoms with Gasteiger partial charge in [-0.25, -0.2) is 0 Å². The Hall–Kier alpha value is 0.0600. The summed E-state index contributed by atoms with van der Waals surface area (Å²) < 4.78 is 1.19. The molecule has 0 aliphatic carbocycles. The fourth-order valence-corrected chi connectivity index (χ4v) is 4.48. The number of thiophene rings is 1. The van der Waals surface area contributed by atoms with E-state index < -0.39 is 0 Å². The first-order valence-corrected chi connectivity index (χ1v) is 8.66. The van der Waals surface area contributed by atoms with Gasteiger partial charge in [-0.1, -0.05) is 6.92 Å². The number of hydrogen-bond acceptors (Lipinski definition) is 4. The van der Waals surface area contributed by atoms with Gasteiger partial charge in [0.05, 0.1) is 9.83 Å². The second-order valence-electron chi connectivity index (χ2n) is 5.22. The van der Waals surface area contributed by atoms with E-state index in [4.69, 9.17) is 5.73 Å². The summed E-state index contributed by atoms with van der Waals surface area (Å²) in [4.78, 5) is 6.39. The van der Waals surface area contributed by atoms with Crippen LogP contribution in [0.1, 0.15) is 30.7 Å². The highest BCUT2D eigenvalue weighted by atomic mass is 79.9. The fraction of sp³-hybridized carbons (Fsp3) is 0.714. The number of hydrogen-bond donors (Lipinski definition) is 1. The Morgan fingerprint density at radius 1 is 1.47 bits per heavy atom. The predicted molar refractivity (Wildman–Crippen MR) is 86.7 cm³/mol. The van der Waals surface area contributed by atoms with Gasteiger partial charge in [0.15, 0.2) is 0 Å². The summed E-state index contributed by atoms with van der Waals surface area (Å²) in [5, 5.41) is 0. The average Bonchev–Trinajstić information content (AvgIpc) is 2.86. The van der Waals surface area contributed by atoms with Crippen molar-refractivity contribution in [1.82, 2.24) is 9.80 Å². The van der Waals surface area contributed by atoms with Crippen LogP contribution in [0, 0.1) is 0 Å². The molecule has 0 aromatic carbocycles. The third-order valence-electron chi connectivity index (χ3n) is 4.22. The van der Waals surface area contributed by atoms with Gasteiger partial charge < -0.3 is 10.6 Å². The summed E-state index contributed by atoms with van der Waals surface area (Å²) in [6.45, 7) is 6.55. The van der Waals surface area contributed by atoms with Crippen LogP contribution in [0.25, 0.3) is 0 Å². The maximum absolute atomic E-state index is 6.01. The Kier molecular flexibility index (Phi) is 5.84. The lowest BCUT2D eigenvalue weighted by molar-refractivity contribution is 0.102. The molecule has 0 radical (unpaired) electrons. The summed E-state index contributed by atoms with van der Waals surface area (Å²) in [7, 11) is 2.23. The van der Waals surface area contributed by atoms with E-state index in [1.165, 1.54) is 41.1 Å². The molecule has 2 rings (SSSR count). The van der Waals surface area contributed by atoms with E-state index in [0.717, 1.165) is 0 Å². The molecule has 1 aromatic rings. The highest BCUT2D eigenvalue weighted by Crippen LogP contribution is 2.32. The molecular weight excluding hydrogens is 322 g/mol. The molecule has 1 atom stereocenters.